The Balaban J connectivity index is 0. The van der Waals surface area contributed by atoms with E-state index in [-0.39, 0.29) is 25.4 Å². The van der Waals surface area contributed by atoms with Crippen molar-refractivity contribution in [3.63, 3.8) is 0 Å². The molecule has 0 aromatic heterocycles. The van der Waals surface area contributed by atoms with Crippen molar-refractivity contribution in [2.24, 2.45) is 0 Å². The lowest BCUT2D eigenvalue weighted by atomic mass is 10.5. The molecule has 0 saturated carbocycles. The van der Waals surface area contributed by atoms with E-state index in [0.29, 0.717) is 26.4 Å². The van der Waals surface area contributed by atoms with Crippen LogP contribution in [0.2, 0.25) is 0 Å². The topological polar surface area (TPSA) is 68.2 Å². The molecule has 0 rings (SSSR count). The van der Waals surface area contributed by atoms with Crippen molar-refractivity contribution in [1.29, 1.82) is 0 Å². The molecule has 0 radical (unpaired) electrons. The van der Waals surface area contributed by atoms with E-state index in [0.717, 1.165) is 0 Å². The second-order valence-electron chi connectivity index (χ2n) is 3.90. The SMILES string of the molecule is CC(C)OCCO.CC(C)OCCOCCO. The van der Waals surface area contributed by atoms with Crippen molar-refractivity contribution in [2.45, 2.75) is 39.9 Å². The third-order valence-corrected chi connectivity index (χ3v) is 1.46. The molecule has 0 amide bonds. The van der Waals surface area contributed by atoms with Crippen molar-refractivity contribution in [3.05, 3.63) is 0 Å². The highest BCUT2D eigenvalue weighted by molar-refractivity contribution is 4.36. The highest BCUT2D eigenvalue weighted by Crippen LogP contribution is 1.86. The fourth-order valence-corrected chi connectivity index (χ4v) is 0.798. The molecule has 0 heterocycles. The maximum absolute atomic E-state index is 8.31. The summed E-state index contributed by atoms with van der Waals surface area (Å²) in [7, 11) is 0. The van der Waals surface area contributed by atoms with Crippen LogP contribution in [0.1, 0.15) is 27.7 Å². The Hall–Kier alpha value is -0.200. The standard InChI is InChI=1S/C7H16O3.C5H12O2/c1-7(2)10-6-5-9-4-3-8;1-5(2)7-4-3-6/h7-8H,3-6H2,1-2H3;5-6H,3-4H2,1-2H3. The molecule has 0 aliphatic carbocycles. The molecule has 0 spiro atoms. The van der Waals surface area contributed by atoms with Gasteiger partial charge in [0.25, 0.3) is 0 Å². The average molecular weight is 252 g/mol. The van der Waals surface area contributed by atoms with Gasteiger partial charge in [0.15, 0.2) is 0 Å². The van der Waals surface area contributed by atoms with Gasteiger partial charge in [-0.15, -0.1) is 0 Å². The second-order valence-corrected chi connectivity index (χ2v) is 3.90. The Bertz CT molecular complexity index is 128. The largest absolute Gasteiger partial charge is 0.394 e. The first-order chi connectivity index (χ1) is 8.04. The quantitative estimate of drug-likeness (QED) is 0.595. The predicted molar refractivity (Wildman–Crippen MR) is 67.2 cm³/mol. The third-order valence-electron chi connectivity index (χ3n) is 1.46. The highest BCUT2D eigenvalue weighted by atomic mass is 16.5. The van der Waals surface area contributed by atoms with Crippen LogP contribution in [0.3, 0.4) is 0 Å². The van der Waals surface area contributed by atoms with Crippen LogP contribution in [0.25, 0.3) is 0 Å². The van der Waals surface area contributed by atoms with Gasteiger partial charge in [-0.1, -0.05) is 0 Å². The first-order valence-electron chi connectivity index (χ1n) is 6.07. The molecule has 2 N–H and O–H groups in total. The van der Waals surface area contributed by atoms with Crippen molar-refractivity contribution in [2.75, 3.05) is 39.6 Å². The molecule has 5 nitrogen and oxygen atoms in total. The maximum Gasteiger partial charge on any atom is 0.0703 e. The lowest BCUT2D eigenvalue weighted by Gasteiger charge is -2.06. The minimum atomic E-state index is 0.0850. The van der Waals surface area contributed by atoms with Crippen LogP contribution in [-0.4, -0.2) is 62.1 Å². The molecular formula is C12H28O5. The Morgan fingerprint density at radius 2 is 1.18 bits per heavy atom. The minimum absolute atomic E-state index is 0.0850. The van der Waals surface area contributed by atoms with Gasteiger partial charge in [0, 0.05) is 0 Å². The van der Waals surface area contributed by atoms with Gasteiger partial charge in [-0.05, 0) is 27.7 Å². The molecule has 106 valence electrons. The van der Waals surface area contributed by atoms with Gasteiger partial charge in [-0.2, -0.15) is 0 Å². The highest BCUT2D eigenvalue weighted by Gasteiger charge is 1.91. The van der Waals surface area contributed by atoms with Crippen LogP contribution in [-0.2, 0) is 14.2 Å². The number of hydrogen-bond donors (Lipinski definition) is 2. The number of hydrogen-bond acceptors (Lipinski definition) is 5. The lowest BCUT2D eigenvalue weighted by molar-refractivity contribution is 0.0103. The first kappa shape index (κ1) is 19.1. The van der Waals surface area contributed by atoms with Crippen molar-refractivity contribution in [1.82, 2.24) is 0 Å². The Morgan fingerprint density at radius 1 is 0.706 bits per heavy atom. The minimum Gasteiger partial charge on any atom is -0.394 e. The zero-order valence-electron chi connectivity index (χ0n) is 11.5. The molecule has 0 bridgehead atoms. The number of aliphatic hydroxyl groups excluding tert-OH is 2. The third kappa shape index (κ3) is 25.8. The molecule has 0 unspecified atom stereocenters. The van der Waals surface area contributed by atoms with Crippen LogP contribution >= 0.6 is 0 Å². The van der Waals surface area contributed by atoms with E-state index in [1.807, 2.05) is 27.7 Å². The Kier molecular flexibility index (Phi) is 17.8. The summed E-state index contributed by atoms with van der Waals surface area (Å²) in [6.07, 6.45) is 0.505. The van der Waals surface area contributed by atoms with Crippen molar-refractivity contribution in [3.8, 4) is 0 Å². The Labute approximate surface area is 105 Å². The summed E-state index contributed by atoms with van der Waals surface area (Å²) in [6, 6.07) is 0. The summed E-state index contributed by atoms with van der Waals surface area (Å²) in [4.78, 5) is 0. The fraction of sp³-hybridized carbons (Fsp3) is 1.00. The molecular weight excluding hydrogens is 224 g/mol. The molecule has 0 saturated heterocycles. The van der Waals surface area contributed by atoms with Gasteiger partial charge in [0.2, 0.25) is 0 Å². The van der Waals surface area contributed by atoms with E-state index >= 15 is 0 Å². The van der Waals surface area contributed by atoms with E-state index in [2.05, 4.69) is 0 Å². The van der Waals surface area contributed by atoms with E-state index in [9.17, 15) is 0 Å². The van der Waals surface area contributed by atoms with Crippen LogP contribution in [0.15, 0.2) is 0 Å². The summed E-state index contributed by atoms with van der Waals surface area (Å²) in [5.41, 5.74) is 0. The summed E-state index contributed by atoms with van der Waals surface area (Å²) in [6.45, 7) is 10.1. The van der Waals surface area contributed by atoms with Gasteiger partial charge in [0.05, 0.1) is 51.8 Å². The Morgan fingerprint density at radius 3 is 1.53 bits per heavy atom. The van der Waals surface area contributed by atoms with Crippen LogP contribution in [0.4, 0.5) is 0 Å². The number of ether oxygens (including phenoxy) is 3. The number of rotatable bonds is 9. The van der Waals surface area contributed by atoms with Crippen molar-refractivity contribution >= 4 is 0 Å². The monoisotopic (exact) mass is 252 g/mol. The molecule has 0 aromatic rings. The first-order valence-corrected chi connectivity index (χ1v) is 6.07. The smallest absolute Gasteiger partial charge is 0.0703 e. The zero-order chi connectivity index (χ0) is 13.5. The molecule has 0 aliphatic rings. The summed E-state index contributed by atoms with van der Waals surface area (Å²) >= 11 is 0. The van der Waals surface area contributed by atoms with Gasteiger partial charge < -0.3 is 24.4 Å². The fourth-order valence-electron chi connectivity index (χ4n) is 0.798. The molecule has 0 aromatic carbocycles. The normalized spacial score (nSPS) is 10.6. The van der Waals surface area contributed by atoms with Gasteiger partial charge in [0.1, 0.15) is 0 Å². The van der Waals surface area contributed by atoms with Crippen LogP contribution < -0.4 is 0 Å². The molecule has 0 atom stereocenters. The van der Waals surface area contributed by atoms with E-state index in [1.54, 1.807) is 0 Å². The van der Waals surface area contributed by atoms with Crippen LogP contribution in [0.5, 0.6) is 0 Å². The summed E-state index contributed by atoms with van der Waals surface area (Å²) < 4.78 is 15.1. The molecule has 0 fully saturated rings. The predicted octanol–water partition coefficient (Wildman–Crippen LogP) is 0.824. The second kappa shape index (κ2) is 15.8. The number of aliphatic hydroxyl groups is 2. The van der Waals surface area contributed by atoms with Crippen molar-refractivity contribution < 1.29 is 24.4 Å². The lowest BCUT2D eigenvalue weighted by Crippen LogP contribution is -2.10. The van der Waals surface area contributed by atoms with Gasteiger partial charge in [-0.25, -0.2) is 0 Å². The van der Waals surface area contributed by atoms with Gasteiger partial charge >= 0.3 is 0 Å². The molecule has 5 heteroatoms. The van der Waals surface area contributed by atoms with Crippen LogP contribution in [0, 0.1) is 0 Å². The summed E-state index contributed by atoms with van der Waals surface area (Å²) in [5.74, 6) is 0. The summed E-state index contributed by atoms with van der Waals surface area (Å²) in [5, 5.41) is 16.5. The van der Waals surface area contributed by atoms with E-state index in [1.165, 1.54) is 0 Å². The van der Waals surface area contributed by atoms with E-state index in [4.69, 9.17) is 24.4 Å². The maximum atomic E-state index is 8.31. The molecule has 17 heavy (non-hydrogen) atoms. The molecule has 0 aliphatic heterocycles. The van der Waals surface area contributed by atoms with Gasteiger partial charge in [-0.3, -0.25) is 0 Å². The van der Waals surface area contributed by atoms with E-state index < -0.39 is 0 Å². The average Bonchev–Trinajstić information content (AvgIpc) is 2.26. The zero-order valence-corrected chi connectivity index (χ0v) is 11.5.